The van der Waals surface area contributed by atoms with Crippen LogP contribution in [0, 0.1) is 13.8 Å². The molecule has 1 unspecified atom stereocenters. The van der Waals surface area contributed by atoms with E-state index in [0.717, 1.165) is 46.2 Å². The maximum atomic E-state index is 13.2. The molecule has 0 fully saturated rings. The lowest BCUT2D eigenvalue weighted by molar-refractivity contribution is 0.317. The number of rotatable bonds is 6. The van der Waals surface area contributed by atoms with E-state index in [1.807, 2.05) is 43.4 Å². The van der Waals surface area contributed by atoms with Gasteiger partial charge in [-0.1, -0.05) is 41.9 Å². The molecule has 3 aromatic rings. The molecule has 1 heterocycles. The summed E-state index contributed by atoms with van der Waals surface area (Å²) in [6.45, 7) is 6.51. The molecule has 0 saturated carbocycles. The van der Waals surface area contributed by atoms with Crippen LogP contribution >= 0.6 is 11.6 Å². The molecule has 4 nitrogen and oxygen atoms in total. The summed E-state index contributed by atoms with van der Waals surface area (Å²) in [7, 11) is 0.877. The number of phenols is 1. The first-order chi connectivity index (χ1) is 14.9. The Morgan fingerprint density at radius 3 is 2.61 bits per heavy atom. The van der Waals surface area contributed by atoms with E-state index in [0.29, 0.717) is 11.6 Å². The molecule has 4 rings (SSSR count). The van der Waals surface area contributed by atoms with Crippen molar-refractivity contribution in [3.63, 3.8) is 0 Å². The van der Waals surface area contributed by atoms with Gasteiger partial charge in [-0.3, -0.25) is 0 Å². The number of nitrogens with zero attached hydrogens (tertiary/aromatic N) is 2. The van der Waals surface area contributed by atoms with Crippen molar-refractivity contribution in [3.8, 4) is 5.75 Å². The van der Waals surface area contributed by atoms with Gasteiger partial charge < -0.3 is 14.9 Å². The predicted molar refractivity (Wildman–Crippen MR) is 128 cm³/mol. The van der Waals surface area contributed by atoms with Crippen molar-refractivity contribution in [1.29, 1.82) is 0 Å². The second-order valence-electron chi connectivity index (χ2n) is 8.08. The highest BCUT2D eigenvalue weighted by Gasteiger charge is 2.29. The van der Waals surface area contributed by atoms with Crippen LogP contribution in [0.15, 0.2) is 64.4 Å². The zero-order valence-corrected chi connectivity index (χ0v) is 19.6. The summed E-state index contributed by atoms with van der Waals surface area (Å²) in [5.41, 5.74) is 5.31. The lowest BCUT2D eigenvalue weighted by Gasteiger charge is -2.35. The predicted octanol–water partition coefficient (Wildman–Crippen LogP) is 5.80. The lowest BCUT2D eigenvalue weighted by atomic mass is 10.1. The zero-order valence-electron chi connectivity index (χ0n) is 18.1. The Kier molecular flexibility index (Phi) is 6.37. The lowest BCUT2D eigenvalue weighted by Crippen LogP contribution is -2.29. The van der Waals surface area contributed by atoms with E-state index < -0.39 is 10.8 Å². The number of benzene rings is 3. The van der Waals surface area contributed by atoms with Gasteiger partial charge in [-0.2, -0.15) is 0 Å². The maximum Gasteiger partial charge on any atom is 0.138 e. The van der Waals surface area contributed by atoms with Crippen LogP contribution in [0.3, 0.4) is 0 Å². The third kappa shape index (κ3) is 4.22. The number of phenolic OH excluding ortho intramolecular Hbond substituents is 1. The van der Waals surface area contributed by atoms with E-state index >= 15 is 0 Å². The van der Waals surface area contributed by atoms with Crippen molar-refractivity contribution >= 4 is 33.8 Å². The zero-order chi connectivity index (χ0) is 22.1. The number of fused-ring (bicyclic) bond motifs is 2. The number of hydrogen-bond donors (Lipinski definition) is 1. The van der Waals surface area contributed by atoms with Gasteiger partial charge in [0.05, 0.1) is 37.0 Å². The minimum atomic E-state index is -1.17. The molecule has 0 bridgehead atoms. The smallest absolute Gasteiger partial charge is 0.138 e. The first-order valence-corrected chi connectivity index (χ1v) is 11.9. The molecule has 1 N–H and O–H groups in total. The summed E-state index contributed by atoms with van der Waals surface area (Å²) in [4.78, 5) is 6.26. The van der Waals surface area contributed by atoms with Crippen LogP contribution in [0.5, 0.6) is 5.75 Å². The molecule has 31 heavy (non-hydrogen) atoms. The molecule has 1 aliphatic heterocycles. The third-order valence-electron chi connectivity index (χ3n) is 5.92. The molecule has 0 radical (unpaired) electrons. The maximum absolute atomic E-state index is 13.2. The van der Waals surface area contributed by atoms with Crippen LogP contribution < -0.4 is 4.90 Å². The van der Waals surface area contributed by atoms with Crippen molar-refractivity contribution in [2.75, 3.05) is 25.0 Å². The van der Waals surface area contributed by atoms with Crippen molar-refractivity contribution in [3.05, 3.63) is 76.3 Å². The van der Waals surface area contributed by atoms with Crippen molar-refractivity contribution in [1.82, 2.24) is 4.90 Å². The van der Waals surface area contributed by atoms with E-state index in [1.165, 1.54) is 11.1 Å². The van der Waals surface area contributed by atoms with E-state index in [9.17, 15) is 9.32 Å². The largest absolute Gasteiger partial charge is 0.506 e. The van der Waals surface area contributed by atoms with Crippen LogP contribution in [-0.4, -0.2) is 34.4 Å². The summed E-state index contributed by atoms with van der Waals surface area (Å²) in [6, 6.07) is 17.5. The minimum Gasteiger partial charge on any atom is -0.506 e. The molecule has 1 atom stereocenters. The molecular formula is C25H27ClN2O2S. The minimum absolute atomic E-state index is 0.156. The second-order valence-corrected chi connectivity index (χ2v) is 9.91. The Bertz CT molecular complexity index is 1150. The summed E-state index contributed by atoms with van der Waals surface area (Å²) in [6.07, 6.45) is 0.922. The van der Waals surface area contributed by atoms with E-state index in [4.69, 9.17) is 11.6 Å². The van der Waals surface area contributed by atoms with Crippen LogP contribution in [0.4, 0.5) is 11.4 Å². The Balaban J connectivity index is 1.54. The highest BCUT2D eigenvalue weighted by atomic mass is 35.5. The van der Waals surface area contributed by atoms with Gasteiger partial charge in [-0.15, -0.1) is 0 Å². The standard InChI is InChI=1S/C25H27ClN2O2S/c1-17-12-13-23-24(18(17)2)28(21-10-4-5-11-22(21)31(23)30)15-7-14-27(3)16-19-8-6-9-20(26)25(19)29/h4-6,8-13,29H,7,14-16H2,1-3H3. The van der Waals surface area contributed by atoms with Gasteiger partial charge in [0.15, 0.2) is 0 Å². The molecule has 162 valence electrons. The fraction of sp³-hybridized carbons (Fsp3) is 0.280. The van der Waals surface area contributed by atoms with Gasteiger partial charge in [0.1, 0.15) is 5.75 Å². The molecule has 0 aliphatic carbocycles. The van der Waals surface area contributed by atoms with Gasteiger partial charge in [-0.25, -0.2) is 4.21 Å². The summed E-state index contributed by atoms with van der Waals surface area (Å²) >= 11 is 6.04. The molecule has 0 spiro atoms. The fourth-order valence-electron chi connectivity index (χ4n) is 4.13. The molecule has 0 saturated heterocycles. The van der Waals surface area contributed by atoms with Gasteiger partial charge in [0.25, 0.3) is 0 Å². The highest BCUT2D eigenvalue weighted by Crippen LogP contribution is 2.44. The van der Waals surface area contributed by atoms with Gasteiger partial charge in [-0.05, 0) is 69.3 Å². The van der Waals surface area contributed by atoms with Gasteiger partial charge >= 0.3 is 0 Å². The monoisotopic (exact) mass is 454 g/mol. The van der Waals surface area contributed by atoms with Crippen LogP contribution in [0.1, 0.15) is 23.1 Å². The summed E-state index contributed by atoms with van der Waals surface area (Å²) in [5, 5.41) is 10.6. The number of aromatic hydroxyl groups is 1. The average Bonchev–Trinajstić information content (AvgIpc) is 2.76. The number of aryl methyl sites for hydroxylation is 1. The Morgan fingerprint density at radius 2 is 1.81 bits per heavy atom. The number of hydrogen-bond acceptors (Lipinski definition) is 4. The first-order valence-electron chi connectivity index (χ1n) is 10.4. The fourth-order valence-corrected chi connectivity index (χ4v) is 5.76. The third-order valence-corrected chi connectivity index (χ3v) is 7.70. The van der Waals surface area contributed by atoms with Crippen molar-refractivity contribution in [2.45, 2.75) is 36.6 Å². The Hall–Kier alpha value is -2.34. The number of anilines is 2. The van der Waals surface area contributed by atoms with Crippen LogP contribution in [0.25, 0.3) is 0 Å². The molecular weight excluding hydrogens is 428 g/mol. The topological polar surface area (TPSA) is 43.8 Å². The van der Waals surface area contributed by atoms with E-state index in [-0.39, 0.29) is 5.75 Å². The normalized spacial score (nSPS) is 15.1. The summed E-state index contributed by atoms with van der Waals surface area (Å²) in [5.74, 6) is 0.156. The highest BCUT2D eigenvalue weighted by molar-refractivity contribution is 7.85. The second kappa shape index (κ2) is 9.03. The van der Waals surface area contributed by atoms with Crippen molar-refractivity contribution in [2.24, 2.45) is 0 Å². The van der Waals surface area contributed by atoms with Gasteiger partial charge in [0.2, 0.25) is 0 Å². The first kappa shape index (κ1) is 21.9. The Morgan fingerprint density at radius 1 is 1.03 bits per heavy atom. The molecule has 6 heteroatoms. The van der Waals surface area contributed by atoms with Crippen molar-refractivity contribution < 1.29 is 9.32 Å². The molecule has 0 amide bonds. The SMILES string of the molecule is Cc1ccc2c(c1C)N(CCCN(C)Cc1cccc(Cl)c1O)c1ccccc1S2=O. The Labute approximate surface area is 191 Å². The van der Waals surface area contributed by atoms with E-state index in [2.05, 4.69) is 35.8 Å². The molecule has 1 aliphatic rings. The molecule has 0 aromatic heterocycles. The van der Waals surface area contributed by atoms with Crippen LogP contribution in [0.2, 0.25) is 5.02 Å². The average molecular weight is 455 g/mol. The van der Waals surface area contributed by atoms with Crippen LogP contribution in [-0.2, 0) is 17.3 Å². The quantitative estimate of drug-likeness (QED) is 0.511. The molecule has 3 aromatic carbocycles. The number of halogens is 1. The van der Waals surface area contributed by atoms with Gasteiger partial charge in [0, 0.05) is 18.7 Å². The summed E-state index contributed by atoms with van der Waals surface area (Å²) < 4.78 is 13.2. The van der Waals surface area contributed by atoms with E-state index in [1.54, 1.807) is 6.07 Å². The number of para-hydroxylation sites is 2.